The lowest BCUT2D eigenvalue weighted by molar-refractivity contribution is -1.02. The Bertz CT molecular complexity index is 1990. The van der Waals surface area contributed by atoms with Crippen LogP contribution in [0.15, 0.2) is 95.1 Å². The van der Waals surface area contributed by atoms with Gasteiger partial charge < -0.3 is 4.74 Å². The van der Waals surface area contributed by atoms with Gasteiger partial charge in [-0.25, -0.2) is 0 Å². The Morgan fingerprint density at radius 2 is 1.68 bits per heavy atom. The van der Waals surface area contributed by atoms with E-state index >= 15 is 0 Å². The van der Waals surface area contributed by atoms with E-state index in [-0.39, 0.29) is 0 Å². The van der Waals surface area contributed by atoms with Crippen molar-refractivity contribution in [3.05, 3.63) is 85.3 Å². The molecule has 34 heavy (non-hydrogen) atoms. The molecule has 6 nitrogen and oxygen atoms in total. The lowest BCUT2D eigenvalue weighted by Crippen LogP contribution is -2.84. The second-order valence-corrected chi connectivity index (χ2v) is 10.2. The first kappa shape index (κ1) is 16.4. The van der Waals surface area contributed by atoms with Crippen LogP contribution < -0.4 is 18.8 Å². The van der Waals surface area contributed by atoms with Gasteiger partial charge in [-0.1, -0.05) is 23.9 Å². The number of aromatic nitrogens is 4. The zero-order valence-electron chi connectivity index (χ0n) is 17.6. The molecule has 0 fully saturated rings. The molecule has 0 radical (unpaired) electrons. The number of nitrogens with zero attached hydrogens (tertiary/aromatic N) is 5. The third-order valence-electron chi connectivity index (χ3n) is 7.63. The molecule has 1 unspecified atom stereocenters. The zero-order chi connectivity index (χ0) is 21.8. The van der Waals surface area contributed by atoms with Gasteiger partial charge in [0.05, 0.1) is 19.9 Å². The van der Waals surface area contributed by atoms with Gasteiger partial charge >= 0.3 is 17.2 Å². The molecule has 0 N–H and O–H groups in total. The smallest absolute Gasteiger partial charge is 0.390 e. The van der Waals surface area contributed by atoms with Crippen LogP contribution in [0.3, 0.4) is 0 Å². The molecule has 0 bridgehead atoms. The van der Waals surface area contributed by atoms with Crippen molar-refractivity contribution in [1.82, 2.24) is 14.3 Å². The van der Waals surface area contributed by atoms with Crippen molar-refractivity contribution in [2.24, 2.45) is 0 Å². The minimum absolute atomic E-state index is 0.372. The van der Waals surface area contributed by atoms with Gasteiger partial charge in [0.25, 0.3) is 5.69 Å². The van der Waals surface area contributed by atoms with Gasteiger partial charge in [-0.3, -0.25) is 0 Å². The van der Waals surface area contributed by atoms with E-state index in [0.717, 1.165) is 34.3 Å². The van der Waals surface area contributed by atoms with Gasteiger partial charge in [0.15, 0.2) is 23.7 Å². The first-order valence-electron chi connectivity index (χ1n) is 11.3. The Kier molecular flexibility index (Phi) is 2.41. The maximum Gasteiger partial charge on any atom is 0.390 e. The van der Waals surface area contributed by atoms with E-state index < -0.39 is 0 Å². The highest BCUT2D eigenvalue weighted by molar-refractivity contribution is 7.99. The summed E-state index contributed by atoms with van der Waals surface area (Å²) in [5, 5.41) is 2.53. The number of benzene rings is 3. The normalized spacial score (nSPS) is 18.8. The molecule has 1 atom stereocenters. The van der Waals surface area contributed by atoms with Gasteiger partial charge in [-0.05, 0) is 62.9 Å². The topological polar surface area (TPSA) is 34.8 Å². The predicted molar refractivity (Wildman–Crippen MR) is 127 cm³/mol. The van der Waals surface area contributed by atoms with Crippen LogP contribution in [-0.2, 0) is 0 Å². The third kappa shape index (κ3) is 1.44. The van der Waals surface area contributed by atoms with Crippen molar-refractivity contribution >= 4 is 45.1 Å². The summed E-state index contributed by atoms with van der Waals surface area (Å²) >= 11 is 1.85. The van der Waals surface area contributed by atoms with Gasteiger partial charge in [0, 0.05) is 11.5 Å². The monoisotopic (exact) mass is 456 g/mol. The van der Waals surface area contributed by atoms with E-state index in [9.17, 15) is 0 Å². The summed E-state index contributed by atoms with van der Waals surface area (Å²) < 4.78 is 14.1. The van der Waals surface area contributed by atoms with E-state index in [0.29, 0.717) is 4.70 Å². The van der Waals surface area contributed by atoms with E-state index in [4.69, 9.17) is 9.72 Å². The average Bonchev–Trinajstić information content (AvgIpc) is 3.38. The predicted octanol–water partition coefficient (Wildman–Crippen LogP) is 5.18. The van der Waals surface area contributed by atoms with Crippen LogP contribution in [0.2, 0.25) is 0 Å². The molecule has 10 rings (SSSR count). The highest BCUT2D eigenvalue weighted by Gasteiger charge is 2.68. The molecule has 4 aliphatic heterocycles. The zero-order valence-corrected chi connectivity index (χ0v) is 18.5. The largest absolute Gasteiger partial charge is 0.444 e. The summed E-state index contributed by atoms with van der Waals surface area (Å²) in [5.41, 5.74) is 6.99. The van der Waals surface area contributed by atoms with Crippen LogP contribution in [-0.4, -0.2) is 9.55 Å². The van der Waals surface area contributed by atoms with Crippen LogP contribution in [0, 0.1) is 0 Å². The quantitative estimate of drug-likeness (QED) is 0.233. The van der Waals surface area contributed by atoms with Crippen molar-refractivity contribution < 1.29 is 14.1 Å². The highest BCUT2D eigenvalue weighted by atomic mass is 32.2. The van der Waals surface area contributed by atoms with Crippen molar-refractivity contribution in [3.63, 3.8) is 0 Å². The van der Waals surface area contributed by atoms with E-state index in [2.05, 4.69) is 87.0 Å². The minimum Gasteiger partial charge on any atom is -0.444 e. The summed E-state index contributed by atoms with van der Waals surface area (Å²) in [4.78, 5) is 7.38. The fourth-order valence-corrected chi connectivity index (χ4v) is 7.64. The summed E-state index contributed by atoms with van der Waals surface area (Å²) in [5.74, 6) is 2.69. The fraction of sp³-hybridized carbons (Fsp3) is 0. The number of ether oxygens (including phenoxy) is 1. The van der Waals surface area contributed by atoms with Gasteiger partial charge in [0.2, 0.25) is 11.4 Å². The number of pyridine rings is 1. The summed E-state index contributed by atoms with van der Waals surface area (Å²) in [6, 6.07) is 23.7. The summed E-state index contributed by atoms with van der Waals surface area (Å²) in [7, 11) is 0. The lowest BCUT2D eigenvalue weighted by atomic mass is 10.1. The van der Waals surface area contributed by atoms with Crippen LogP contribution in [0.5, 0.6) is 11.5 Å². The minimum atomic E-state index is 0.372. The Hall–Kier alpha value is -4.20. The average molecular weight is 457 g/mol. The van der Waals surface area contributed by atoms with Crippen LogP contribution in [0.1, 0.15) is 0 Å². The SMILES string of the molecule is c1cc2c3c(c1)-c1nccc[n+]1[N+]31c3c(ccc4c3-n3c5c(cccc5c5ccc[n+]1c53)S4)O2. The Labute approximate surface area is 197 Å². The molecule has 0 saturated carbocycles. The number of hydrogen-bond donors (Lipinski definition) is 0. The molecule has 7 heteroatoms. The standard InChI is InChI=1S/C27H14N5OS/c1-6-17-24-18(8-1)33-19-10-11-21-23-25(19)32(24,29-14-4-12-28-26(17)29)30-13-3-7-16-15-5-2-9-20(34-21)22(15)31(23)27(16)30/h1-14H/q+3. The summed E-state index contributed by atoms with van der Waals surface area (Å²) in [6.45, 7) is 0. The second kappa shape index (κ2) is 4.99. The molecule has 0 aliphatic carbocycles. The first-order chi connectivity index (χ1) is 16.9. The van der Waals surface area contributed by atoms with Crippen molar-refractivity contribution in [2.45, 2.75) is 9.79 Å². The number of quaternary nitrogens is 1. The number of rotatable bonds is 0. The number of fused-ring (bicyclic) bond motifs is 3. The molecular formula is C27H14N5OS+3. The van der Waals surface area contributed by atoms with Gasteiger partial charge in [-0.15, -0.1) is 0 Å². The Balaban J connectivity index is 1.59. The maximum atomic E-state index is 6.62. The molecule has 0 amide bonds. The molecule has 6 aromatic rings. The molecule has 4 aliphatic rings. The van der Waals surface area contributed by atoms with E-state index in [1.54, 1.807) is 0 Å². The molecule has 0 saturated heterocycles. The number of para-hydroxylation sites is 2. The highest BCUT2D eigenvalue weighted by Crippen LogP contribution is 2.62. The molecule has 1 spiro atoms. The summed E-state index contributed by atoms with van der Waals surface area (Å²) in [6.07, 6.45) is 6.22. The van der Waals surface area contributed by atoms with Crippen LogP contribution >= 0.6 is 11.8 Å². The maximum absolute atomic E-state index is 6.62. The van der Waals surface area contributed by atoms with Crippen LogP contribution in [0.25, 0.3) is 39.0 Å². The molecule has 156 valence electrons. The van der Waals surface area contributed by atoms with E-state index in [1.165, 1.54) is 37.4 Å². The number of hydrogen-bond acceptors (Lipinski definition) is 3. The van der Waals surface area contributed by atoms with Crippen molar-refractivity contribution in [2.75, 3.05) is 0 Å². The second-order valence-electron chi connectivity index (χ2n) is 9.08. The van der Waals surface area contributed by atoms with Crippen LogP contribution in [0.4, 0.5) is 11.4 Å². The molecular weight excluding hydrogens is 442 g/mol. The third-order valence-corrected chi connectivity index (χ3v) is 8.73. The lowest BCUT2D eigenvalue weighted by Gasteiger charge is -2.35. The molecule has 7 heterocycles. The van der Waals surface area contributed by atoms with Gasteiger partial charge in [0.1, 0.15) is 11.8 Å². The molecule has 3 aromatic carbocycles. The fourth-order valence-electron chi connectivity index (χ4n) is 6.54. The first-order valence-corrected chi connectivity index (χ1v) is 12.1. The van der Waals surface area contributed by atoms with E-state index in [1.807, 2.05) is 24.0 Å². The van der Waals surface area contributed by atoms with Crippen molar-refractivity contribution in [1.29, 1.82) is 0 Å². The van der Waals surface area contributed by atoms with Crippen molar-refractivity contribution in [3.8, 4) is 28.6 Å². The molecule has 3 aromatic heterocycles. The Morgan fingerprint density at radius 3 is 2.68 bits per heavy atom. The van der Waals surface area contributed by atoms with Gasteiger partial charge in [-0.2, -0.15) is 4.57 Å². The Morgan fingerprint density at radius 1 is 0.794 bits per heavy atom.